The molecule has 23 heavy (non-hydrogen) atoms. The fraction of sp³-hybridized carbons (Fsp3) is 0.500. The van der Waals surface area contributed by atoms with Gasteiger partial charge in [0, 0.05) is 65.0 Å². The molecule has 3 heterocycles. The van der Waals surface area contributed by atoms with Crippen LogP contribution in [0.2, 0.25) is 0 Å². The molecule has 2 aromatic heterocycles. The van der Waals surface area contributed by atoms with Crippen molar-refractivity contribution in [1.29, 1.82) is 0 Å². The third kappa shape index (κ3) is 4.13. The summed E-state index contributed by atoms with van der Waals surface area (Å²) in [6.45, 7) is 4.29. The van der Waals surface area contributed by atoms with E-state index in [1.807, 2.05) is 28.8 Å². The second kappa shape index (κ2) is 7.32. The molecule has 1 amide bonds. The average molecular weight is 314 g/mol. The Kier molecular flexibility index (Phi) is 4.97. The molecule has 1 aliphatic heterocycles. The Morgan fingerprint density at radius 3 is 2.74 bits per heavy atom. The van der Waals surface area contributed by atoms with Gasteiger partial charge in [-0.05, 0) is 11.6 Å². The molecule has 122 valence electrons. The number of aryl methyl sites for hydroxylation is 2. The molecule has 0 unspecified atom stereocenters. The van der Waals surface area contributed by atoms with Gasteiger partial charge < -0.3 is 9.47 Å². The minimum Gasteiger partial charge on any atom is -0.340 e. The summed E-state index contributed by atoms with van der Waals surface area (Å²) in [6.07, 6.45) is 6.49. The molecule has 0 aliphatic carbocycles. The first kappa shape index (κ1) is 15.6. The molecule has 3 rings (SSSR count). The Labute approximate surface area is 135 Å². The van der Waals surface area contributed by atoms with Crippen molar-refractivity contribution in [3.63, 3.8) is 0 Å². The minimum atomic E-state index is 0.203. The van der Waals surface area contributed by atoms with E-state index in [4.69, 9.17) is 0 Å². The van der Waals surface area contributed by atoms with Crippen LogP contribution in [0.5, 0.6) is 0 Å². The Hall–Kier alpha value is -2.28. The van der Waals surface area contributed by atoms with Gasteiger partial charge in [-0.1, -0.05) is 6.07 Å². The van der Waals surface area contributed by atoms with Crippen LogP contribution in [0.4, 0.5) is 0 Å². The number of rotatable bonds is 5. The van der Waals surface area contributed by atoms with E-state index in [2.05, 4.69) is 26.1 Å². The van der Waals surface area contributed by atoms with Gasteiger partial charge in [0.1, 0.15) is 12.2 Å². The highest BCUT2D eigenvalue weighted by Gasteiger charge is 2.21. The topological polar surface area (TPSA) is 67.2 Å². The number of piperazine rings is 1. The Morgan fingerprint density at radius 2 is 2.09 bits per heavy atom. The normalized spacial score (nSPS) is 15.8. The summed E-state index contributed by atoms with van der Waals surface area (Å²) in [6, 6.07) is 4.05. The van der Waals surface area contributed by atoms with E-state index in [0.717, 1.165) is 38.5 Å². The van der Waals surface area contributed by atoms with Crippen molar-refractivity contribution in [2.24, 2.45) is 7.05 Å². The number of hydrogen-bond donors (Lipinski definition) is 0. The second-order valence-electron chi connectivity index (χ2n) is 5.88. The van der Waals surface area contributed by atoms with Gasteiger partial charge >= 0.3 is 0 Å². The van der Waals surface area contributed by atoms with E-state index in [0.29, 0.717) is 12.8 Å². The molecule has 0 bridgehead atoms. The van der Waals surface area contributed by atoms with Crippen LogP contribution in [0, 0.1) is 0 Å². The second-order valence-corrected chi connectivity index (χ2v) is 5.88. The zero-order chi connectivity index (χ0) is 16.1. The molecular weight excluding hydrogens is 292 g/mol. The lowest BCUT2D eigenvalue weighted by molar-refractivity contribution is -0.133. The summed E-state index contributed by atoms with van der Waals surface area (Å²) in [5.41, 5.74) is 1.22. The van der Waals surface area contributed by atoms with Gasteiger partial charge in [-0.15, -0.1) is 10.2 Å². The van der Waals surface area contributed by atoms with Gasteiger partial charge in [0.2, 0.25) is 5.91 Å². The first-order valence-electron chi connectivity index (χ1n) is 7.94. The van der Waals surface area contributed by atoms with Crippen LogP contribution < -0.4 is 0 Å². The fourth-order valence-corrected chi connectivity index (χ4v) is 2.82. The van der Waals surface area contributed by atoms with Crippen LogP contribution in [0.1, 0.15) is 17.8 Å². The maximum atomic E-state index is 12.3. The van der Waals surface area contributed by atoms with E-state index < -0.39 is 0 Å². The van der Waals surface area contributed by atoms with Crippen molar-refractivity contribution in [2.45, 2.75) is 19.4 Å². The lowest BCUT2D eigenvalue weighted by Gasteiger charge is -2.34. The molecule has 0 saturated carbocycles. The van der Waals surface area contributed by atoms with E-state index in [1.165, 1.54) is 5.56 Å². The standard InChI is InChI=1S/C16H22N6O/c1-20-13-18-19-15(20)4-5-16(23)22-9-7-21(8-10-22)12-14-3-2-6-17-11-14/h2-3,6,11,13H,4-5,7-10,12H2,1H3. The molecule has 7 nitrogen and oxygen atoms in total. The van der Waals surface area contributed by atoms with Crippen LogP contribution in [-0.4, -0.2) is 61.6 Å². The van der Waals surface area contributed by atoms with Gasteiger partial charge in [0.25, 0.3) is 0 Å². The highest BCUT2D eigenvalue weighted by Crippen LogP contribution is 2.09. The monoisotopic (exact) mass is 314 g/mol. The number of nitrogens with zero attached hydrogens (tertiary/aromatic N) is 6. The van der Waals surface area contributed by atoms with Crippen LogP contribution in [0.3, 0.4) is 0 Å². The zero-order valence-corrected chi connectivity index (χ0v) is 13.4. The maximum absolute atomic E-state index is 12.3. The zero-order valence-electron chi connectivity index (χ0n) is 13.4. The smallest absolute Gasteiger partial charge is 0.223 e. The summed E-state index contributed by atoms with van der Waals surface area (Å²) in [5, 5.41) is 7.86. The van der Waals surface area contributed by atoms with Gasteiger partial charge in [0.15, 0.2) is 0 Å². The van der Waals surface area contributed by atoms with Gasteiger partial charge in [-0.2, -0.15) is 0 Å². The molecule has 0 radical (unpaired) electrons. The minimum absolute atomic E-state index is 0.203. The number of amides is 1. The van der Waals surface area contributed by atoms with Crippen molar-refractivity contribution < 1.29 is 4.79 Å². The van der Waals surface area contributed by atoms with Crippen molar-refractivity contribution in [2.75, 3.05) is 26.2 Å². The molecule has 1 aliphatic rings. The highest BCUT2D eigenvalue weighted by atomic mass is 16.2. The van der Waals surface area contributed by atoms with E-state index in [1.54, 1.807) is 12.5 Å². The molecule has 0 spiro atoms. The van der Waals surface area contributed by atoms with Gasteiger partial charge in [-0.25, -0.2) is 0 Å². The first-order valence-corrected chi connectivity index (χ1v) is 7.94. The fourth-order valence-electron chi connectivity index (χ4n) is 2.82. The van der Waals surface area contributed by atoms with Crippen molar-refractivity contribution >= 4 is 5.91 Å². The largest absolute Gasteiger partial charge is 0.340 e. The average Bonchev–Trinajstić information content (AvgIpc) is 2.99. The van der Waals surface area contributed by atoms with Crippen LogP contribution in [0.25, 0.3) is 0 Å². The summed E-state index contributed by atoms with van der Waals surface area (Å²) in [5.74, 6) is 1.06. The number of hydrogen-bond acceptors (Lipinski definition) is 5. The van der Waals surface area contributed by atoms with Gasteiger partial charge in [-0.3, -0.25) is 14.7 Å². The number of carbonyl (C=O) groups excluding carboxylic acids is 1. The van der Waals surface area contributed by atoms with Crippen LogP contribution in [0.15, 0.2) is 30.9 Å². The molecule has 0 atom stereocenters. The third-order valence-corrected chi connectivity index (χ3v) is 4.22. The number of pyridine rings is 1. The van der Waals surface area contributed by atoms with Crippen molar-refractivity contribution in [3.05, 3.63) is 42.2 Å². The summed E-state index contributed by atoms with van der Waals surface area (Å²) < 4.78 is 1.86. The predicted molar refractivity (Wildman–Crippen MR) is 85.4 cm³/mol. The Bertz CT molecular complexity index is 633. The lowest BCUT2D eigenvalue weighted by atomic mass is 10.2. The van der Waals surface area contributed by atoms with Crippen LogP contribution in [-0.2, 0) is 24.8 Å². The van der Waals surface area contributed by atoms with E-state index in [-0.39, 0.29) is 5.91 Å². The number of aromatic nitrogens is 4. The Balaban J connectivity index is 1.43. The molecular formula is C16H22N6O. The molecule has 2 aromatic rings. The van der Waals surface area contributed by atoms with E-state index >= 15 is 0 Å². The molecule has 7 heteroatoms. The quantitative estimate of drug-likeness (QED) is 0.803. The molecule has 1 fully saturated rings. The van der Waals surface area contributed by atoms with Crippen LogP contribution >= 0.6 is 0 Å². The molecule has 0 aromatic carbocycles. The highest BCUT2D eigenvalue weighted by molar-refractivity contribution is 5.76. The predicted octanol–water partition coefficient (Wildman–Crippen LogP) is 0.487. The molecule has 0 N–H and O–H groups in total. The van der Waals surface area contributed by atoms with Crippen molar-refractivity contribution in [3.8, 4) is 0 Å². The SMILES string of the molecule is Cn1cnnc1CCC(=O)N1CCN(Cc2cccnc2)CC1. The third-order valence-electron chi connectivity index (χ3n) is 4.22. The molecule has 1 saturated heterocycles. The van der Waals surface area contributed by atoms with Crippen molar-refractivity contribution in [1.82, 2.24) is 29.5 Å². The summed E-state index contributed by atoms with van der Waals surface area (Å²) in [4.78, 5) is 20.8. The lowest BCUT2D eigenvalue weighted by Crippen LogP contribution is -2.48. The first-order chi connectivity index (χ1) is 11.2. The summed E-state index contributed by atoms with van der Waals surface area (Å²) >= 11 is 0. The summed E-state index contributed by atoms with van der Waals surface area (Å²) in [7, 11) is 1.90. The van der Waals surface area contributed by atoms with E-state index in [9.17, 15) is 4.79 Å². The number of carbonyl (C=O) groups is 1. The van der Waals surface area contributed by atoms with Gasteiger partial charge in [0.05, 0.1) is 0 Å². The Morgan fingerprint density at radius 1 is 1.26 bits per heavy atom. The maximum Gasteiger partial charge on any atom is 0.223 e.